The standard InChI is InChI=1S/C19H17Br2N3O3S/c1-22-19-24(23-9-11-6-12(20)7-15(21)18(11)25)16(10-28-19)14-8-13(26-2)4-5-17(14)27-3/h4-10,25H,1-3H3. The van der Waals surface area contributed by atoms with Crippen molar-refractivity contribution in [2.75, 3.05) is 21.3 Å². The Labute approximate surface area is 183 Å². The number of halogens is 2. The summed E-state index contributed by atoms with van der Waals surface area (Å²) in [6.45, 7) is 0. The molecule has 3 rings (SSSR count). The third-order valence-corrected chi connectivity index (χ3v) is 5.90. The molecule has 0 unspecified atom stereocenters. The smallest absolute Gasteiger partial charge is 0.205 e. The van der Waals surface area contributed by atoms with E-state index in [9.17, 15) is 5.11 Å². The molecule has 2 aromatic carbocycles. The summed E-state index contributed by atoms with van der Waals surface area (Å²) in [5.41, 5.74) is 2.18. The maximum Gasteiger partial charge on any atom is 0.205 e. The van der Waals surface area contributed by atoms with Crippen molar-refractivity contribution < 1.29 is 14.6 Å². The Kier molecular flexibility index (Phi) is 6.58. The van der Waals surface area contributed by atoms with Crippen LogP contribution < -0.4 is 14.3 Å². The number of nitrogens with zero attached hydrogens (tertiary/aromatic N) is 3. The molecule has 3 aromatic rings. The predicted octanol–water partition coefficient (Wildman–Crippen LogP) is 4.88. The third kappa shape index (κ3) is 4.16. The third-order valence-electron chi connectivity index (χ3n) is 3.93. The van der Waals surface area contributed by atoms with Crippen molar-refractivity contribution in [2.45, 2.75) is 0 Å². The predicted molar refractivity (Wildman–Crippen MR) is 119 cm³/mol. The highest BCUT2D eigenvalue weighted by Crippen LogP contribution is 2.34. The first-order valence-corrected chi connectivity index (χ1v) is 10.5. The zero-order valence-corrected chi connectivity index (χ0v) is 19.3. The molecule has 6 nitrogen and oxygen atoms in total. The number of phenols is 1. The molecule has 28 heavy (non-hydrogen) atoms. The van der Waals surface area contributed by atoms with E-state index >= 15 is 0 Å². The van der Waals surface area contributed by atoms with E-state index in [0.717, 1.165) is 15.7 Å². The number of thiazole rings is 1. The number of hydrogen-bond donors (Lipinski definition) is 1. The Balaban J connectivity index is 2.16. The van der Waals surface area contributed by atoms with Gasteiger partial charge in [0.25, 0.3) is 0 Å². The number of methoxy groups -OCH3 is 2. The summed E-state index contributed by atoms with van der Waals surface area (Å²) >= 11 is 8.21. The van der Waals surface area contributed by atoms with Crippen molar-refractivity contribution >= 4 is 49.4 Å². The maximum absolute atomic E-state index is 10.3. The maximum atomic E-state index is 10.3. The SMILES string of the molecule is CN=c1scc(-c2cc(OC)ccc2OC)n1N=Cc1cc(Br)cc(Br)c1O. The second-order valence-electron chi connectivity index (χ2n) is 5.58. The van der Waals surface area contributed by atoms with E-state index in [2.05, 4.69) is 42.0 Å². The highest BCUT2D eigenvalue weighted by molar-refractivity contribution is 9.11. The minimum absolute atomic E-state index is 0.110. The van der Waals surface area contributed by atoms with E-state index in [1.807, 2.05) is 23.6 Å². The van der Waals surface area contributed by atoms with Gasteiger partial charge in [-0.05, 0) is 46.3 Å². The molecule has 0 aliphatic heterocycles. The molecule has 0 atom stereocenters. The van der Waals surface area contributed by atoms with Crippen LogP contribution >= 0.6 is 43.2 Å². The topological polar surface area (TPSA) is 68.3 Å². The van der Waals surface area contributed by atoms with Gasteiger partial charge in [-0.2, -0.15) is 5.10 Å². The highest BCUT2D eigenvalue weighted by Gasteiger charge is 2.14. The van der Waals surface area contributed by atoms with Crippen LogP contribution in [-0.4, -0.2) is 37.3 Å². The Hall–Kier alpha value is -2.10. The fourth-order valence-corrected chi connectivity index (χ4v) is 4.62. The zero-order valence-electron chi connectivity index (χ0n) is 15.3. The molecule has 0 amide bonds. The summed E-state index contributed by atoms with van der Waals surface area (Å²) in [6, 6.07) is 9.12. The number of hydrogen-bond acceptors (Lipinski definition) is 6. The lowest BCUT2D eigenvalue weighted by Gasteiger charge is -2.11. The minimum atomic E-state index is 0.110. The van der Waals surface area contributed by atoms with Crippen LogP contribution in [0.25, 0.3) is 11.3 Å². The number of rotatable bonds is 5. The van der Waals surface area contributed by atoms with E-state index in [1.165, 1.54) is 11.3 Å². The number of ether oxygens (including phenoxy) is 2. The van der Waals surface area contributed by atoms with Crippen LogP contribution in [0.5, 0.6) is 17.2 Å². The van der Waals surface area contributed by atoms with Crippen molar-refractivity contribution in [3.8, 4) is 28.5 Å². The molecule has 1 N–H and O–H groups in total. The zero-order chi connectivity index (χ0) is 20.3. The molecule has 1 heterocycles. The molecule has 0 radical (unpaired) electrons. The molecular formula is C19H17Br2N3O3S. The number of benzene rings is 2. The molecule has 0 fully saturated rings. The van der Waals surface area contributed by atoms with Crippen LogP contribution in [-0.2, 0) is 0 Å². The molecule has 0 saturated heterocycles. The van der Waals surface area contributed by atoms with Gasteiger partial charge in [0.15, 0.2) is 0 Å². The molecule has 0 aliphatic rings. The molecule has 146 valence electrons. The van der Waals surface area contributed by atoms with Gasteiger partial charge in [-0.15, -0.1) is 11.3 Å². The van der Waals surface area contributed by atoms with Crippen LogP contribution in [0.2, 0.25) is 0 Å². The first-order valence-electron chi connectivity index (χ1n) is 8.06. The lowest BCUT2D eigenvalue weighted by Crippen LogP contribution is -2.12. The number of aromatic nitrogens is 1. The van der Waals surface area contributed by atoms with Crippen LogP contribution in [0.15, 0.2) is 54.8 Å². The summed E-state index contributed by atoms with van der Waals surface area (Å²) < 4.78 is 14.0. The van der Waals surface area contributed by atoms with E-state index in [0.29, 0.717) is 26.3 Å². The molecule has 0 spiro atoms. The quantitative estimate of drug-likeness (QED) is 0.482. The Morgan fingerprint density at radius 3 is 2.61 bits per heavy atom. The van der Waals surface area contributed by atoms with Gasteiger partial charge in [-0.3, -0.25) is 4.99 Å². The van der Waals surface area contributed by atoms with Crippen LogP contribution in [0.3, 0.4) is 0 Å². The van der Waals surface area contributed by atoms with Crippen molar-refractivity contribution in [3.63, 3.8) is 0 Å². The summed E-state index contributed by atoms with van der Waals surface area (Å²) in [4.78, 5) is 5.00. The number of phenolic OH excluding ortho intramolecular Hbond substituents is 1. The molecular weight excluding hydrogens is 510 g/mol. The minimum Gasteiger partial charge on any atom is -0.506 e. The molecule has 0 bridgehead atoms. The van der Waals surface area contributed by atoms with Gasteiger partial charge >= 0.3 is 0 Å². The monoisotopic (exact) mass is 525 g/mol. The van der Waals surface area contributed by atoms with Gasteiger partial charge < -0.3 is 14.6 Å². The Morgan fingerprint density at radius 1 is 1.14 bits per heavy atom. The van der Waals surface area contributed by atoms with Gasteiger partial charge in [0.05, 0.1) is 30.6 Å². The van der Waals surface area contributed by atoms with Crippen LogP contribution in [0, 0.1) is 0 Å². The summed E-state index contributed by atoms with van der Waals surface area (Å²) in [7, 11) is 4.94. The van der Waals surface area contributed by atoms with Crippen molar-refractivity contribution in [1.29, 1.82) is 0 Å². The van der Waals surface area contributed by atoms with Gasteiger partial charge in [0.2, 0.25) is 4.80 Å². The Bertz CT molecular complexity index is 1110. The average Bonchev–Trinajstić information content (AvgIpc) is 3.11. The number of aromatic hydroxyl groups is 1. The molecule has 0 saturated carbocycles. The largest absolute Gasteiger partial charge is 0.506 e. The second-order valence-corrected chi connectivity index (χ2v) is 8.18. The summed E-state index contributed by atoms with van der Waals surface area (Å²) in [5.74, 6) is 1.51. The molecule has 1 aromatic heterocycles. The molecule has 9 heteroatoms. The summed E-state index contributed by atoms with van der Waals surface area (Å²) in [6.07, 6.45) is 1.59. The van der Waals surface area contributed by atoms with E-state index in [1.54, 1.807) is 44.3 Å². The van der Waals surface area contributed by atoms with E-state index in [-0.39, 0.29) is 5.75 Å². The highest BCUT2D eigenvalue weighted by atomic mass is 79.9. The lowest BCUT2D eigenvalue weighted by atomic mass is 10.1. The van der Waals surface area contributed by atoms with Gasteiger partial charge in [-0.25, -0.2) is 4.68 Å². The van der Waals surface area contributed by atoms with Gasteiger partial charge in [0, 0.05) is 28.0 Å². The van der Waals surface area contributed by atoms with E-state index < -0.39 is 0 Å². The van der Waals surface area contributed by atoms with Gasteiger partial charge in [0.1, 0.15) is 17.2 Å². The Morgan fingerprint density at radius 2 is 1.93 bits per heavy atom. The van der Waals surface area contributed by atoms with Gasteiger partial charge in [-0.1, -0.05) is 15.9 Å². The van der Waals surface area contributed by atoms with Crippen molar-refractivity contribution in [3.05, 3.63) is 55.0 Å². The van der Waals surface area contributed by atoms with Crippen molar-refractivity contribution in [2.24, 2.45) is 10.1 Å². The molecule has 0 aliphatic carbocycles. The first-order chi connectivity index (χ1) is 13.5. The normalized spacial score (nSPS) is 12.0. The lowest BCUT2D eigenvalue weighted by molar-refractivity contribution is 0.404. The fourth-order valence-electron chi connectivity index (χ4n) is 2.57. The van der Waals surface area contributed by atoms with Crippen LogP contribution in [0.1, 0.15) is 5.56 Å². The first kappa shape index (κ1) is 20.6. The fraction of sp³-hybridized carbons (Fsp3) is 0.158. The van der Waals surface area contributed by atoms with E-state index in [4.69, 9.17) is 9.47 Å². The summed E-state index contributed by atoms with van der Waals surface area (Å²) in [5, 5.41) is 16.8. The second kappa shape index (κ2) is 8.93. The van der Waals surface area contributed by atoms with Crippen molar-refractivity contribution in [1.82, 2.24) is 4.68 Å². The average molecular weight is 527 g/mol. The van der Waals surface area contributed by atoms with Crippen LogP contribution in [0.4, 0.5) is 0 Å².